The second-order valence-corrected chi connectivity index (χ2v) is 11.7. The predicted octanol–water partition coefficient (Wildman–Crippen LogP) is 4.61. The first-order valence-electron chi connectivity index (χ1n) is 13.2. The van der Waals surface area contributed by atoms with Crippen molar-refractivity contribution in [1.29, 1.82) is 0 Å². The third-order valence-corrected chi connectivity index (χ3v) is 7.84. The number of carbonyl (C=O) groups excluding carboxylic acids is 2. The Hall–Kier alpha value is -2.87. The predicted molar refractivity (Wildman–Crippen MR) is 151 cm³/mol. The lowest BCUT2D eigenvalue weighted by atomic mass is 10.1. The standard InChI is InChI=1S/C29H43N3O4S/c1-7-24(5)30-29(34)26(8-2)31(20-18-25-13-10-9-11-14-25)28(33)15-12-19-32(37(6,35)36)27-21-22(3)16-17-23(27)4/h9-11,13-14,16-17,21,24,26H,7-8,12,15,18-20H2,1-6H3,(H,30,34)/t24-,26-/m1/s1. The monoisotopic (exact) mass is 529 g/mol. The minimum Gasteiger partial charge on any atom is -0.352 e. The van der Waals surface area contributed by atoms with E-state index >= 15 is 0 Å². The number of nitrogens with one attached hydrogen (secondary N) is 1. The van der Waals surface area contributed by atoms with Crippen molar-refractivity contribution >= 4 is 27.5 Å². The van der Waals surface area contributed by atoms with Crippen LogP contribution in [0.3, 0.4) is 0 Å². The Morgan fingerprint density at radius 2 is 1.65 bits per heavy atom. The second kappa shape index (κ2) is 14.2. The molecule has 0 aliphatic rings. The van der Waals surface area contributed by atoms with Crippen LogP contribution >= 0.6 is 0 Å². The molecule has 0 spiro atoms. The van der Waals surface area contributed by atoms with Gasteiger partial charge in [0.05, 0.1) is 11.9 Å². The quantitative estimate of drug-likeness (QED) is 0.387. The lowest BCUT2D eigenvalue weighted by Gasteiger charge is -2.32. The third kappa shape index (κ3) is 9.18. The van der Waals surface area contributed by atoms with Gasteiger partial charge in [0.1, 0.15) is 6.04 Å². The second-order valence-electron chi connectivity index (χ2n) is 9.79. The van der Waals surface area contributed by atoms with Crippen molar-refractivity contribution in [2.45, 2.75) is 78.8 Å². The van der Waals surface area contributed by atoms with E-state index in [-0.39, 0.29) is 30.8 Å². The van der Waals surface area contributed by atoms with Crippen LogP contribution in [0.4, 0.5) is 5.69 Å². The SMILES string of the molecule is CC[C@@H](C)NC(=O)[C@@H](CC)N(CCc1ccccc1)C(=O)CCCN(c1cc(C)ccc1C)S(C)(=O)=O. The first kappa shape index (κ1) is 30.4. The van der Waals surface area contributed by atoms with Crippen LogP contribution in [-0.4, -0.2) is 56.6 Å². The van der Waals surface area contributed by atoms with Crippen molar-refractivity contribution in [2.75, 3.05) is 23.7 Å². The first-order chi connectivity index (χ1) is 17.5. The van der Waals surface area contributed by atoms with Gasteiger partial charge in [-0.05, 0) is 69.2 Å². The summed E-state index contributed by atoms with van der Waals surface area (Å²) in [5.41, 5.74) is 3.56. The van der Waals surface area contributed by atoms with E-state index in [0.717, 1.165) is 23.1 Å². The van der Waals surface area contributed by atoms with Crippen LogP contribution in [-0.2, 0) is 26.0 Å². The fraction of sp³-hybridized carbons (Fsp3) is 0.517. The summed E-state index contributed by atoms with van der Waals surface area (Å²) >= 11 is 0. The zero-order valence-electron chi connectivity index (χ0n) is 23.2. The van der Waals surface area contributed by atoms with Gasteiger partial charge in [0.2, 0.25) is 21.8 Å². The Bertz CT molecular complexity index is 1140. The zero-order valence-corrected chi connectivity index (χ0v) is 24.0. The molecule has 2 atom stereocenters. The molecule has 2 aromatic carbocycles. The van der Waals surface area contributed by atoms with Gasteiger partial charge in [0.25, 0.3) is 0 Å². The zero-order chi connectivity index (χ0) is 27.6. The molecule has 8 heteroatoms. The largest absolute Gasteiger partial charge is 0.352 e. The molecule has 2 aromatic rings. The summed E-state index contributed by atoms with van der Waals surface area (Å²) in [6.45, 7) is 10.3. The minimum atomic E-state index is -3.53. The topological polar surface area (TPSA) is 86.8 Å². The highest BCUT2D eigenvalue weighted by atomic mass is 32.2. The fourth-order valence-electron chi connectivity index (χ4n) is 4.31. The maximum absolute atomic E-state index is 13.5. The van der Waals surface area contributed by atoms with E-state index in [1.807, 2.05) is 83.1 Å². The van der Waals surface area contributed by atoms with Gasteiger partial charge in [0.15, 0.2) is 0 Å². The molecule has 37 heavy (non-hydrogen) atoms. The lowest BCUT2D eigenvalue weighted by molar-refractivity contribution is -0.141. The van der Waals surface area contributed by atoms with Crippen LogP contribution in [0.15, 0.2) is 48.5 Å². The van der Waals surface area contributed by atoms with Gasteiger partial charge < -0.3 is 10.2 Å². The van der Waals surface area contributed by atoms with Crippen LogP contribution in [0.25, 0.3) is 0 Å². The number of rotatable bonds is 14. The molecule has 0 unspecified atom stereocenters. The maximum Gasteiger partial charge on any atom is 0.243 e. The summed E-state index contributed by atoms with van der Waals surface area (Å²) < 4.78 is 26.6. The van der Waals surface area contributed by atoms with E-state index in [2.05, 4.69) is 5.32 Å². The van der Waals surface area contributed by atoms with Gasteiger partial charge in [-0.3, -0.25) is 13.9 Å². The Morgan fingerprint density at radius 3 is 2.24 bits per heavy atom. The molecular formula is C29H43N3O4S. The summed E-state index contributed by atoms with van der Waals surface area (Å²) in [7, 11) is -3.53. The van der Waals surface area contributed by atoms with Crippen molar-refractivity contribution in [1.82, 2.24) is 10.2 Å². The third-order valence-electron chi connectivity index (χ3n) is 6.66. The number of hydrogen-bond acceptors (Lipinski definition) is 4. The lowest BCUT2D eigenvalue weighted by Crippen LogP contribution is -2.51. The highest BCUT2D eigenvalue weighted by Crippen LogP contribution is 2.24. The van der Waals surface area contributed by atoms with Crippen molar-refractivity contribution < 1.29 is 18.0 Å². The minimum absolute atomic E-state index is 0.0218. The smallest absolute Gasteiger partial charge is 0.243 e. The van der Waals surface area contributed by atoms with Crippen molar-refractivity contribution in [2.24, 2.45) is 0 Å². The first-order valence-corrected chi connectivity index (χ1v) is 15.0. The average molecular weight is 530 g/mol. The van der Waals surface area contributed by atoms with E-state index in [4.69, 9.17) is 0 Å². The van der Waals surface area contributed by atoms with Crippen LogP contribution < -0.4 is 9.62 Å². The average Bonchev–Trinajstić information content (AvgIpc) is 2.85. The van der Waals surface area contributed by atoms with Crippen LogP contribution in [0.2, 0.25) is 0 Å². The molecule has 204 valence electrons. The molecule has 0 saturated carbocycles. The molecule has 0 fully saturated rings. The Morgan fingerprint density at radius 1 is 0.973 bits per heavy atom. The van der Waals surface area contributed by atoms with E-state index in [1.165, 1.54) is 10.6 Å². The summed E-state index contributed by atoms with van der Waals surface area (Å²) in [5, 5.41) is 3.02. The van der Waals surface area contributed by atoms with E-state index in [9.17, 15) is 18.0 Å². The van der Waals surface area contributed by atoms with Crippen molar-refractivity contribution in [3.63, 3.8) is 0 Å². The van der Waals surface area contributed by atoms with Crippen LogP contribution in [0.1, 0.15) is 63.1 Å². The van der Waals surface area contributed by atoms with Gasteiger partial charge >= 0.3 is 0 Å². The highest BCUT2D eigenvalue weighted by molar-refractivity contribution is 7.92. The van der Waals surface area contributed by atoms with Crippen molar-refractivity contribution in [3.05, 3.63) is 65.2 Å². The molecule has 0 radical (unpaired) electrons. The van der Waals surface area contributed by atoms with E-state index in [1.54, 1.807) is 4.90 Å². The number of amides is 2. The summed E-state index contributed by atoms with van der Waals surface area (Å²) in [4.78, 5) is 28.2. The van der Waals surface area contributed by atoms with Gasteiger partial charge in [-0.15, -0.1) is 0 Å². The molecule has 0 heterocycles. The number of hydrogen-bond donors (Lipinski definition) is 1. The maximum atomic E-state index is 13.5. The molecule has 0 saturated heterocycles. The van der Waals surface area contributed by atoms with Gasteiger partial charge in [-0.25, -0.2) is 8.42 Å². The summed E-state index contributed by atoms with van der Waals surface area (Å²) in [6.07, 6.45) is 3.64. The Balaban J connectivity index is 2.20. The Kier molecular flexibility index (Phi) is 11.6. The molecule has 7 nitrogen and oxygen atoms in total. The van der Waals surface area contributed by atoms with Gasteiger partial charge in [-0.2, -0.15) is 0 Å². The van der Waals surface area contributed by atoms with E-state index < -0.39 is 16.1 Å². The highest BCUT2D eigenvalue weighted by Gasteiger charge is 2.29. The molecule has 1 N–H and O–H groups in total. The molecule has 2 rings (SSSR count). The number of nitrogens with zero attached hydrogens (tertiary/aromatic N) is 2. The van der Waals surface area contributed by atoms with Crippen LogP contribution in [0, 0.1) is 13.8 Å². The molecule has 0 aliphatic heterocycles. The van der Waals surface area contributed by atoms with Crippen LogP contribution in [0.5, 0.6) is 0 Å². The normalized spacial score (nSPS) is 13.0. The van der Waals surface area contributed by atoms with Crippen molar-refractivity contribution in [3.8, 4) is 0 Å². The fourth-order valence-corrected chi connectivity index (χ4v) is 5.32. The van der Waals surface area contributed by atoms with E-state index in [0.29, 0.717) is 31.5 Å². The molecule has 0 aliphatic carbocycles. The summed E-state index contributed by atoms with van der Waals surface area (Å²) in [5.74, 6) is -0.289. The number of benzene rings is 2. The molecular weight excluding hydrogens is 486 g/mol. The number of aryl methyl sites for hydroxylation is 2. The molecule has 2 amide bonds. The summed E-state index contributed by atoms with van der Waals surface area (Å²) in [6, 6.07) is 15.0. The van der Waals surface area contributed by atoms with Gasteiger partial charge in [-0.1, -0.05) is 56.3 Å². The molecule has 0 bridgehead atoms. The molecule has 0 aromatic heterocycles. The number of carbonyl (C=O) groups is 2. The Labute approximate surface area is 223 Å². The van der Waals surface area contributed by atoms with Gasteiger partial charge in [0, 0.05) is 25.6 Å². The number of anilines is 1. The number of sulfonamides is 1.